The second-order valence-electron chi connectivity index (χ2n) is 4.22. The Kier molecular flexibility index (Phi) is 5.06. The molecule has 20 heavy (non-hydrogen) atoms. The highest BCUT2D eigenvalue weighted by molar-refractivity contribution is 7.11. The standard InChI is InChI=1S/C14H18N4OS/c1-3-11-8-17-13(20-11)9-18-14(19)10-5-6-12(15-4-2)16-7-10/h5-8H,3-4,9H2,1-2H3,(H,15,16)(H,18,19). The number of nitrogens with zero attached hydrogens (tertiary/aromatic N) is 2. The molecule has 0 spiro atoms. The molecule has 0 aliphatic heterocycles. The van der Waals surface area contributed by atoms with Gasteiger partial charge < -0.3 is 10.6 Å². The summed E-state index contributed by atoms with van der Waals surface area (Å²) in [5.41, 5.74) is 0.555. The molecule has 0 saturated heterocycles. The van der Waals surface area contributed by atoms with Crippen LogP contribution in [0.25, 0.3) is 0 Å². The van der Waals surface area contributed by atoms with Crippen LogP contribution in [-0.4, -0.2) is 22.4 Å². The number of aromatic nitrogens is 2. The predicted molar refractivity (Wildman–Crippen MR) is 81.1 cm³/mol. The number of carbonyl (C=O) groups is 1. The number of carbonyl (C=O) groups excluding carboxylic acids is 1. The Bertz CT molecular complexity index is 565. The molecule has 0 fully saturated rings. The van der Waals surface area contributed by atoms with Gasteiger partial charge in [-0.15, -0.1) is 11.3 Å². The molecule has 0 unspecified atom stereocenters. The third-order valence-electron chi connectivity index (χ3n) is 2.73. The highest BCUT2D eigenvalue weighted by Crippen LogP contribution is 2.13. The summed E-state index contributed by atoms with van der Waals surface area (Å²) in [5, 5.41) is 6.87. The zero-order chi connectivity index (χ0) is 14.4. The SMILES string of the molecule is CCNc1ccc(C(=O)NCc2ncc(CC)s2)cn1. The van der Waals surface area contributed by atoms with Crippen molar-refractivity contribution in [2.75, 3.05) is 11.9 Å². The van der Waals surface area contributed by atoms with Gasteiger partial charge in [-0.2, -0.15) is 0 Å². The van der Waals surface area contributed by atoms with Crippen molar-refractivity contribution in [1.29, 1.82) is 0 Å². The first kappa shape index (κ1) is 14.5. The fourth-order valence-corrected chi connectivity index (χ4v) is 2.47. The van der Waals surface area contributed by atoms with E-state index in [0.717, 1.165) is 23.8 Å². The summed E-state index contributed by atoms with van der Waals surface area (Å²) >= 11 is 1.63. The number of nitrogens with one attached hydrogen (secondary N) is 2. The van der Waals surface area contributed by atoms with Gasteiger partial charge in [-0.3, -0.25) is 4.79 Å². The molecule has 2 rings (SSSR count). The fraction of sp³-hybridized carbons (Fsp3) is 0.357. The highest BCUT2D eigenvalue weighted by Gasteiger charge is 2.07. The summed E-state index contributed by atoms with van der Waals surface area (Å²) in [6, 6.07) is 3.57. The van der Waals surface area contributed by atoms with Crippen molar-refractivity contribution in [3.8, 4) is 0 Å². The smallest absolute Gasteiger partial charge is 0.253 e. The summed E-state index contributed by atoms with van der Waals surface area (Å²) in [4.78, 5) is 21.6. The van der Waals surface area contributed by atoms with E-state index in [9.17, 15) is 4.79 Å². The zero-order valence-corrected chi connectivity index (χ0v) is 12.5. The van der Waals surface area contributed by atoms with E-state index in [1.165, 1.54) is 4.88 Å². The molecule has 0 aromatic carbocycles. The molecule has 0 aliphatic carbocycles. The lowest BCUT2D eigenvalue weighted by Crippen LogP contribution is -2.22. The van der Waals surface area contributed by atoms with E-state index < -0.39 is 0 Å². The minimum absolute atomic E-state index is 0.131. The third kappa shape index (κ3) is 3.77. The van der Waals surface area contributed by atoms with Crippen molar-refractivity contribution >= 4 is 23.1 Å². The summed E-state index contributed by atoms with van der Waals surface area (Å²) < 4.78 is 0. The molecule has 0 atom stereocenters. The molecule has 106 valence electrons. The van der Waals surface area contributed by atoms with Crippen LogP contribution in [0.2, 0.25) is 0 Å². The number of anilines is 1. The molecule has 2 N–H and O–H groups in total. The quantitative estimate of drug-likeness (QED) is 0.857. The molecule has 2 heterocycles. The summed E-state index contributed by atoms with van der Waals surface area (Å²) in [6.07, 6.45) is 4.41. The van der Waals surface area contributed by atoms with Gasteiger partial charge in [-0.1, -0.05) is 6.92 Å². The van der Waals surface area contributed by atoms with Crippen molar-refractivity contribution in [2.24, 2.45) is 0 Å². The first-order valence-corrected chi connectivity index (χ1v) is 7.46. The van der Waals surface area contributed by atoms with Gasteiger partial charge in [-0.25, -0.2) is 9.97 Å². The summed E-state index contributed by atoms with van der Waals surface area (Å²) in [7, 11) is 0. The van der Waals surface area contributed by atoms with Gasteiger partial charge >= 0.3 is 0 Å². The number of hydrogen-bond donors (Lipinski definition) is 2. The number of rotatable bonds is 6. The van der Waals surface area contributed by atoms with Crippen molar-refractivity contribution in [2.45, 2.75) is 26.8 Å². The maximum atomic E-state index is 12.0. The molecular weight excluding hydrogens is 272 g/mol. The lowest BCUT2D eigenvalue weighted by atomic mass is 10.2. The van der Waals surface area contributed by atoms with Gasteiger partial charge in [0.05, 0.1) is 12.1 Å². The number of amides is 1. The fourth-order valence-electron chi connectivity index (χ4n) is 1.67. The Labute approximate surface area is 122 Å². The number of hydrogen-bond acceptors (Lipinski definition) is 5. The average molecular weight is 290 g/mol. The van der Waals surface area contributed by atoms with Gasteiger partial charge in [0.15, 0.2) is 0 Å². The molecule has 6 heteroatoms. The third-order valence-corrected chi connectivity index (χ3v) is 3.88. The van der Waals surface area contributed by atoms with Gasteiger partial charge in [0.2, 0.25) is 0 Å². The van der Waals surface area contributed by atoms with Gasteiger partial charge in [-0.05, 0) is 25.5 Å². The van der Waals surface area contributed by atoms with E-state index in [2.05, 4.69) is 27.5 Å². The molecule has 0 bridgehead atoms. The van der Waals surface area contributed by atoms with Crippen molar-refractivity contribution in [3.05, 3.63) is 40.0 Å². The van der Waals surface area contributed by atoms with Gasteiger partial charge in [0, 0.05) is 23.8 Å². The van der Waals surface area contributed by atoms with Crippen LogP contribution in [0.4, 0.5) is 5.82 Å². The molecule has 2 aromatic heterocycles. The minimum atomic E-state index is -0.131. The van der Waals surface area contributed by atoms with Gasteiger partial charge in [0.25, 0.3) is 5.91 Å². The van der Waals surface area contributed by atoms with Crippen LogP contribution < -0.4 is 10.6 Å². The van der Waals surface area contributed by atoms with E-state index in [4.69, 9.17) is 0 Å². The van der Waals surface area contributed by atoms with Crippen molar-refractivity contribution in [1.82, 2.24) is 15.3 Å². The lowest BCUT2D eigenvalue weighted by molar-refractivity contribution is 0.0950. The lowest BCUT2D eigenvalue weighted by Gasteiger charge is -2.05. The second kappa shape index (κ2) is 7.00. The van der Waals surface area contributed by atoms with E-state index in [1.807, 2.05) is 13.1 Å². The Hall–Kier alpha value is -1.95. The monoisotopic (exact) mass is 290 g/mol. The van der Waals surface area contributed by atoms with Crippen LogP contribution in [0.15, 0.2) is 24.5 Å². The molecule has 0 saturated carbocycles. The molecule has 5 nitrogen and oxygen atoms in total. The first-order valence-electron chi connectivity index (χ1n) is 6.64. The van der Waals surface area contributed by atoms with Crippen LogP contribution in [0.5, 0.6) is 0 Å². The Morgan fingerprint density at radius 1 is 1.25 bits per heavy atom. The number of aryl methyl sites for hydroxylation is 1. The minimum Gasteiger partial charge on any atom is -0.370 e. The number of thiazole rings is 1. The molecule has 0 radical (unpaired) electrons. The van der Waals surface area contributed by atoms with Crippen LogP contribution in [-0.2, 0) is 13.0 Å². The van der Waals surface area contributed by atoms with E-state index >= 15 is 0 Å². The average Bonchev–Trinajstić information content (AvgIpc) is 2.94. The summed E-state index contributed by atoms with van der Waals surface area (Å²) in [5.74, 6) is 0.644. The number of pyridine rings is 1. The highest BCUT2D eigenvalue weighted by atomic mass is 32.1. The first-order chi connectivity index (χ1) is 9.72. The Morgan fingerprint density at radius 3 is 2.70 bits per heavy atom. The van der Waals surface area contributed by atoms with E-state index in [-0.39, 0.29) is 5.91 Å². The van der Waals surface area contributed by atoms with Crippen molar-refractivity contribution < 1.29 is 4.79 Å². The van der Waals surface area contributed by atoms with E-state index in [0.29, 0.717) is 12.1 Å². The molecular formula is C14H18N4OS. The summed E-state index contributed by atoms with van der Waals surface area (Å²) in [6.45, 7) is 5.36. The second-order valence-corrected chi connectivity index (χ2v) is 5.42. The maximum absolute atomic E-state index is 12.0. The Morgan fingerprint density at radius 2 is 2.10 bits per heavy atom. The van der Waals surface area contributed by atoms with Crippen molar-refractivity contribution in [3.63, 3.8) is 0 Å². The maximum Gasteiger partial charge on any atom is 0.253 e. The molecule has 1 amide bonds. The zero-order valence-electron chi connectivity index (χ0n) is 11.6. The largest absolute Gasteiger partial charge is 0.370 e. The van der Waals surface area contributed by atoms with Crippen LogP contribution >= 0.6 is 11.3 Å². The molecule has 0 aliphatic rings. The molecule has 2 aromatic rings. The topological polar surface area (TPSA) is 66.9 Å². The van der Waals surface area contributed by atoms with Crippen LogP contribution in [0.1, 0.15) is 34.1 Å². The predicted octanol–water partition coefficient (Wildman–Crippen LogP) is 2.46. The van der Waals surface area contributed by atoms with Crippen LogP contribution in [0.3, 0.4) is 0 Å². The normalized spacial score (nSPS) is 10.3. The van der Waals surface area contributed by atoms with Crippen LogP contribution in [0, 0.1) is 0 Å². The van der Waals surface area contributed by atoms with E-state index in [1.54, 1.807) is 29.7 Å². The van der Waals surface area contributed by atoms with Gasteiger partial charge in [0.1, 0.15) is 10.8 Å². The Balaban J connectivity index is 1.90.